The number of fused-ring (bicyclic) bond motifs is 1. The Balaban J connectivity index is 1.61. The van der Waals surface area contributed by atoms with Gasteiger partial charge in [-0.3, -0.25) is 10.1 Å². The molecule has 0 saturated carbocycles. The van der Waals surface area contributed by atoms with Crippen molar-refractivity contribution in [2.24, 2.45) is 0 Å². The van der Waals surface area contributed by atoms with Gasteiger partial charge in [-0.25, -0.2) is 8.42 Å². The van der Waals surface area contributed by atoms with Gasteiger partial charge in [0, 0.05) is 23.2 Å². The molecule has 228 valence electrons. The molecular formula is C34H39NO7S. The maximum atomic E-state index is 12.0. The molecule has 4 rings (SSSR count). The van der Waals surface area contributed by atoms with Crippen molar-refractivity contribution in [3.8, 4) is 34.1 Å². The van der Waals surface area contributed by atoms with Crippen LogP contribution < -0.4 is 14.8 Å². The first kappa shape index (κ1) is 31.8. The van der Waals surface area contributed by atoms with Crippen LogP contribution in [0.5, 0.6) is 23.0 Å². The van der Waals surface area contributed by atoms with E-state index in [0.29, 0.717) is 23.7 Å². The predicted molar refractivity (Wildman–Crippen MR) is 169 cm³/mol. The number of hydrogen-bond acceptors (Lipinski definition) is 7. The number of rotatable bonds is 14. The monoisotopic (exact) mass is 605 g/mol. The Hall–Kier alpha value is -4.08. The van der Waals surface area contributed by atoms with E-state index in [1.54, 1.807) is 66.7 Å². The van der Waals surface area contributed by atoms with Crippen molar-refractivity contribution >= 4 is 26.6 Å². The van der Waals surface area contributed by atoms with E-state index >= 15 is 0 Å². The first-order chi connectivity index (χ1) is 20.4. The molecule has 0 saturated heterocycles. The first-order valence-electron chi connectivity index (χ1n) is 14.4. The van der Waals surface area contributed by atoms with Gasteiger partial charge in [0.1, 0.15) is 23.0 Å². The zero-order chi connectivity index (χ0) is 31.2. The van der Waals surface area contributed by atoms with Crippen LogP contribution in [-0.2, 0) is 14.6 Å². The highest BCUT2D eigenvalue weighted by atomic mass is 32.2. The number of unbranched alkanes of at least 4 members (excludes halogenated alkanes) is 1. The van der Waals surface area contributed by atoms with Crippen LogP contribution in [0.25, 0.3) is 21.9 Å². The number of nitrogens with one attached hydrogen (secondary N) is 1. The van der Waals surface area contributed by atoms with Gasteiger partial charge in [0.2, 0.25) is 0 Å². The molecule has 2 unspecified atom stereocenters. The van der Waals surface area contributed by atoms with E-state index in [1.807, 2.05) is 26.0 Å². The Morgan fingerprint density at radius 2 is 1.63 bits per heavy atom. The summed E-state index contributed by atoms with van der Waals surface area (Å²) in [7, 11) is -3.34. The average molecular weight is 606 g/mol. The van der Waals surface area contributed by atoms with E-state index in [2.05, 4.69) is 12.2 Å². The minimum atomic E-state index is -3.34. The minimum Gasteiger partial charge on any atom is -0.508 e. The van der Waals surface area contributed by atoms with Crippen molar-refractivity contribution in [1.29, 1.82) is 0 Å². The largest absolute Gasteiger partial charge is 0.508 e. The topological polar surface area (TPSA) is 122 Å². The van der Waals surface area contributed by atoms with E-state index in [1.165, 1.54) is 6.26 Å². The second-order valence-corrected chi connectivity index (χ2v) is 13.0. The Kier molecular flexibility index (Phi) is 9.98. The van der Waals surface area contributed by atoms with Crippen molar-refractivity contribution < 1.29 is 32.9 Å². The number of phenolic OH excluding ortho intramolecular Hbond substituents is 1. The van der Waals surface area contributed by atoms with Crippen LogP contribution in [0, 0.1) is 0 Å². The third-order valence-electron chi connectivity index (χ3n) is 7.45. The molecular weight excluding hydrogens is 566 g/mol. The SMILES string of the molecule is CCCCC(CC(=O)O)NC(C)(CC)Oc1ccc(Oc2c(-c3ccc(S(C)(=O)=O)cc3)ccc3cc(O)ccc23)cc1. The fraction of sp³-hybridized carbons (Fsp3) is 0.324. The van der Waals surface area contributed by atoms with Gasteiger partial charge in [-0.2, -0.15) is 0 Å². The summed E-state index contributed by atoms with van der Waals surface area (Å²) in [5.41, 5.74) is 0.776. The third-order valence-corrected chi connectivity index (χ3v) is 8.57. The molecule has 0 aliphatic carbocycles. The average Bonchev–Trinajstić information content (AvgIpc) is 2.96. The van der Waals surface area contributed by atoms with Crippen LogP contribution in [0.1, 0.15) is 52.9 Å². The molecule has 0 aliphatic heterocycles. The molecule has 9 heteroatoms. The predicted octanol–water partition coefficient (Wildman–Crippen LogP) is 7.54. The number of carbonyl (C=O) groups is 1. The van der Waals surface area contributed by atoms with Crippen molar-refractivity contribution in [2.45, 2.75) is 69.5 Å². The van der Waals surface area contributed by atoms with Gasteiger partial charge in [0.25, 0.3) is 0 Å². The van der Waals surface area contributed by atoms with Gasteiger partial charge < -0.3 is 19.7 Å². The van der Waals surface area contributed by atoms with Crippen molar-refractivity contribution in [3.05, 3.63) is 78.9 Å². The molecule has 4 aromatic rings. The molecule has 4 aromatic carbocycles. The molecule has 0 radical (unpaired) electrons. The maximum Gasteiger partial charge on any atom is 0.304 e. The van der Waals surface area contributed by atoms with Crippen LogP contribution in [0.2, 0.25) is 0 Å². The Morgan fingerprint density at radius 3 is 2.23 bits per heavy atom. The Labute approximate surface area is 253 Å². The summed E-state index contributed by atoms with van der Waals surface area (Å²) >= 11 is 0. The van der Waals surface area contributed by atoms with E-state index in [9.17, 15) is 23.4 Å². The standard InChI is InChI=1S/C34H39NO7S/c1-5-7-8-25(22-32(37)38)35-34(3,6-2)42-28-15-13-27(14-16-28)41-33-30(19-11-24-21-26(36)12-20-31(24)33)23-9-17-29(18-10-23)43(4,39)40/h9-21,25,35-36H,5-8,22H2,1-4H3,(H,37,38). The van der Waals surface area contributed by atoms with Crippen LogP contribution >= 0.6 is 0 Å². The number of benzene rings is 4. The lowest BCUT2D eigenvalue weighted by molar-refractivity contribution is -0.138. The summed E-state index contributed by atoms with van der Waals surface area (Å²) in [4.78, 5) is 11.7. The lowest BCUT2D eigenvalue weighted by atomic mass is 9.99. The number of carboxylic acid groups (broad SMARTS) is 1. The van der Waals surface area contributed by atoms with Gasteiger partial charge in [0.05, 0.1) is 11.3 Å². The minimum absolute atomic E-state index is 0.0217. The highest BCUT2D eigenvalue weighted by Crippen LogP contribution is 2.41. The highest BCUT2D eigenvalue weighted by Gasteiger charge is 2.28. The summed E-state index contributed by atoms with van der Waals surface area (Å²) in [6.45, 7) is 5.99. The second kappa shape index (κ2) is 13.5. The molecule has 0 aliphatic rings. The molecule has 0 aromatic heterocycles. The second-order valence-electron chi connectivity index (χ2n) is 11.0. The van der Waals surface area contributed by atoms with E-state index < -0.39 is 21.5 Å². The maximum absolute atomic E-state index is 12.0. The van der Waals surface area contributed by atoms with E-state index in [4.69, 9.17) is 9.47 Å². The highest BCUT2D eigenvalue weighted by molar-refractivity contribution is 7.90. The normalized spacial score (nSPS) is 13.8. The van der Waals surface area contributed by atoms with Gasteiger partial charge in [0.15, 0.2) is 15.6 Å². The summed E-state index contributed by atoms with van der Waals surface area (Å²) in [5, 5.41) is 24.4. The van der Waals surface area contributed by atoms with Crippen molar-refractivity contribution in [1.82, 2.24) is 5.32 Å². The van der Waals surface area contributed by atoms with Crippen LogP contribution in [0.15, 0.2) is 83.8 Å². The molecule has 0 bridgehead atoms. The summed E-state index contributed by atoms with van der Waals surface area (Å²) in [6.07, 6.45) is 4.47. The van der Waals surface area contributed by atoms with Crippen LogP contribution in [0.4, 0.5) is 0 Å². The fourth-order valence-corrected chi connectivity index (χ4v) is 5.61. The van der Waals surface area contributed by atoms with Gasteiger partial charge in [-0.05, 0) is 91.4 Å². The van der Waals surface area contributed by atoms with Gasteiger partial charge in [-0.1, -0.05) is 44.9 Å². The lowest BCUT2D eigenvalue weighted by Gasteiger charge is -2.34. The number of hydrogen-bond donors (Lipinski definition) is 3. The van der Waals surface area contributed by atoms with E-state index in [0.717, 1.165) is 41.2 Å². The van der Waals surface area contributed by atoms with Crippen LogP contribution in [-0.4, -0.2) is 42.6 Å². The smallest absolute Gasteiger partial charge is 0.304 e. The number of carboxylic acids is 1. The van der Waals surface area contributed by atoms with Crippen molar-refractivity contribution in [2.75, 3.05) is 6.26 Å². The first-order valence-corrected chi connectivity index (χ1v) is 16.3. The Morgan fingerprint density at radius 1 is 0.953 bits per heavy atom. The molecule has 43 heavy (non-hydrogen) atoms. The summed E-state index contributed by atoms with van der Waals surface area (Å²) in [6, 6.07) is 22.5. The number of aliphatic carboxylic acids is 1. The third kappa shape index (κ3) is 8.27. The number of phenols is 1. The number of ether oxygens (including phenoxy) is 2. The zero-order valence-corrected chi connectivity index (χ0v) is 25.8. The fourth-order valence-electron chi connectivity index (χ4n) is 4.98. The molecule has 0 spiro atoms. The van der Waals surface area contributed by atoms with Gasteiger partial charge >= 0.3 is 5.97 Å². The van der Waals surface area contributed by atoms with Crippen LogP contribution in [0.3, 0.4) is 0 Å². The van der Waals surface area contributed by atoms with Crippen molar-refractivity contribution in [3.63, 3.8) is 0 Å². The molecule has 2 atom stereocenters. The molecule has 0 amide bonds. The molecule has 0 heterocycles. The number of aromatic hydroxyl groups is 1. The molecule has 3 N–H and O–H groups in total. The van der Waals surface area contributed by atoms with E-state index in [-0.39, 0.29) is 23.1 Å². The quantitative estimate of drug-likeness (QED) is 0.126. The summed E-state index contributed by atoms with van der Waals surface area (Å²) in [5.74, 6) is 1.01. The lowest BCUT2D eigenvalue weighted by Crippen LogP contribution is -2.52. The number of sulfone groups is 1. The zero-order valence-electron chi connectivity index (χ0n) is 25.0. The Bertz CT molecular complexity index is 1670. The summed E-state index contributed by atoms with van der Waals surface area (Å²) < 4.78 is 36.7. The molecule has 0 fully saturated rings. The van der Waals surface area contributed by atoms with Gasteiger partial charge in [-0.15, -0.1) is 0 Å². The molecule has 8 nitrogen and oxygen atoms in total.